The number of hydrogen-bond donors (Lipinski definition) is 1. The van der Waals surface area contributed by atoms with Crippen molar-refractivity contribution in [3.05, 3.63) is 35.4 Å². The second-order valence-corrected chi connectivity index (χ2v) is 6.16. The van der Waals surface area contributed by atoms with Crippen molar-refractivity contribution >= 4 is 0 Å². The summed E-state index contributed by atoms with van der Waals surface area (Å²) in [5.74, 6) is 1.50. The van der Waals surface area contributed by atoms with Crippen LogP contribution in [0.25, 0.3) is 0 Å². The minimum atomic E-state index is 0.718. The maximum Gasteiger partial charge on any atom is 0.0587 e. The molecule has 0 aliphatic heterocycles. The number of hydrogen-bond acceptors (Lipinski definition) is 2. The number of benzene rings is 1. The van der Waals surface area contributed by atoms with Crippen LogP contribution in [-0.2, 0) is 11.2 Å². The third-order valence-corrected chi connectivity index (χ3v) is 3.84. The van der Waals surface area contributed by atoms with E-state index in [2.05, 4.69) is 50.4 Å². The summed E-state index contributed by atoms with van der Waals surface area (Å²) < 4.78 is 5.10. The zero-order valence-corrected chi connectivity index (χ0v) is 13.6. The fourth-order valence-corrected chi connectivity index (χ4v) is 2.48. The Hall–Kier alpha value is -0.860. The van der Waals surface area contributed by atoms with E-state index in [1.165, 1.54) is 30.4 Å². The zero-order valence-electron chi connectivity index (χ0n) is 13.6. The molecule has 0 spiro atoms. The third-order valence-electron chi connectivity index (χ3n) is 3.84. The number of methoxy groups -OCH3 is 1. The highest BCUT2D eigenvalue weighted by Gasteiger charge is 2.11. The summed E-state index contributed by atoms with van der Waals surface area (Å²) in [6.45, 7) is 9.66. The summed E-state index contributed by atoms with van der Waals surface area (Å²) in [7, 11) is 1.76. The third kappa shape index (κ3) is 7.06. The monoisotopic (exact) mass is 277 g/mol. The average Bonchev–Trinajstić information content (AvgIpc) is 2.42. The van der Waals surface area contributed by atoms with E-state index in [0.29, 0.717) is 0 Å². The number of nitrogens with one attached hydrogen (secondary N) is 1. The number of ether oxygens (including phenoxy) is 1. The lowest BCUT2D eigenvalue weighted by Crippen LogP contribution is -2.27. The fraction of sp³-hybridized carbons (Fsp3) is 0.667. The molecule has 0 radical (unpaired) electrons. The van der Waals surface area contributed by atoms with E-state index in [9.17, 15) is 0 Å². The van der Waals surface area contributed by atoms with Crippen LogP contribution in [0.4, 0.5) is 0 Å². The second-order valence-electron chi connectivity index (χ2n) is 6.16. The van der Waals surface area contributed by atoms with Gasteiger partial charge < -0.3 is 10.1 Å². The maximum atomic E-state index is 5.10. The van der Waals surface area contributed by atoms with Gasteiger partial charge >= 0.3 is 0 Å². The maximum absolute atomic E-state index is 5.10. The van der Waals surface area contributed by atoms with Gasteiger partial charge in [0.15, 0.2) is 0 Å². The highest BCUT2D eigenvalue weighted by atomic mass is 16.5. The second kappa shape index (κ2) is 9.95. The van der Waals surface area contributed by atoms with Gasteiger partial charge in [-0.15, -0.1) is 0 Å². The molecule has 1 unspecified atom stereocenters. The van der Waals surface area contributed by atoms with E-state index < -0.39 is 0 Å². The summed E-state index contributed by atoms with van der Waals surface area (Å²) in [6, 6.07) is 8.76. The largest absolute Gasteiger partial charge is 0.383 e. The molecule has 0 amide bonds. The SMILES string of the molecule is COCCNCC(CCC(C)C)Cc1ccccc1C. The first-order valence-electron chi connectivity index (χ1n) is 7.87. The Kier molecular flexibility index (Phi) is 8.56. The van der Waals surface area contributed by atoms with Gasteiger partial charge in [0.05, 0.1) is 6.61 Å². The molecule has 20 heavy (non-hydrogen) atoms. The van der Waals surface area contributed by atoms with E-state index in [0.717, 1.165) is 31.5 Å². The summed E-state index contributed by atoms with van der Waals surface area (Å²) in [5, 5.41) is 3.52. The van der Waals surface area contributed by atoms with E-state index in [-0.39, 0.29) is 0 Å². The summed E-state index contributed by atoms with van der Waals surface area (Å²) in [6.07, 6.45) is 3.79. The van der Waals surface area contributed by atoms with Gasteiger partial charge in [-0.2, -0.15) is 0 Å². The molecule has 0 heterocycles. The predicted molar refractivity (Wildman–Crippen MR) is 87.2 cm³/mol. The predicted octanol–water partition coefficient (Wildman–Crippen LogP) is 3.83. The molecule has 0 aliphatic rings. The molecule has 1 atom stereocenters. The van der Waals surface area contributed by atoms with Crippen LogP contribution in [0.2, 0.25) is 0 Å². The molecule has 0 fully saturated rings. The minimum absolute atomic E-state index is 0.718. The lowest BCUT2D eigenvalue weighted by molar-refractivity contribution is 0.197. The normalized spacial score (nSPS) is 12.8. The smallest absolute Gasteiger partial charge is 0.0587 e. The molecule has 0 bridgehead atoms. The van der Waals surface area contributed by atoms with E-state index in [1.54, 1.807) is 7.11 Å². The van der Waals surface area contributed by atoms with E-state index in [4.69, 9.17) is 4.74 Å². The van der Waals surface area contributed by atoms with Crippen LogP contribution in [0.15, 0.2) is 24.3 Å². The molecule has 2 nitrogen and oxygen atoms in total. The topological polar surface area (TPSA) is 21.3 Å². The summed E-state index contributed by atoms with van der Waals surface area (Å²) >= 11 is 0. The summed E-state index contributed by atoms with van der Waals surface area (Å²) in [5.41, 5.74) is 2.91. The Morgan fingerprint density at radius 2 is 1.90 bits per heavy atom. The Morgan fingerprint density at radius 1 is 1.15 bits per heavy atom. The van der Waals surface area contributed by atoms with Gasteiger partial charge in [-0.3, -0.25) is 0 Å². The van der Waals surface area contributed by atoms with Crippen LogP contribution in [-0.4, -0.2) is 26.8 Å². The van der Waals surface area contributed by atoms with Gasteiger partial charge in [-0.05, 0) is 49.3 Å². The van der Waals surface area contributed by atoms with Gasteiger partial charge in [0, 0.05) is 13.7 Å². The molecule has 114 valence electrons. The van der Waals surface area contributed by atoms with Crippen LogP contribution in [0.3, 0.4) is 0 Å². The van der Waals surface area contributed by atoms with Crippen molar-refractivity contribution in [2.24, 2.45) is 11.8 Å². The van der Waals surface area contributed by atoms with Crippen molar-refractivity contribution in [3.63, 3.8) is 0 Å². The first kappa shape index (κ1) is 17.2. The molecule has 1 aromatic carbocycles. The van der Waals surface area contributed by atoms with Gasteiger partial charge in [0.1, 0.15) is 0 Å². The highest BCUT2D eigenvalue weighted by molar-refractivity contribution is 5.25. The summed E-state index contributed by atoms with van der Waals surface area (Å²) in [4.78, 5) is 0. The van der Waals surface area contributed by atoms with Crippen molar-refractivity contribution < 1.29 is 4.74 Å². The lowest BCUT2D eigenvalue weighted by atomic mass is 9.90. The molecule has 2 heteroatoms. The molecule has 1 aromatic rings. The Balaban J connectivity index is 2.50. The molecule has 0 aromatic heterocycles. The Bertz CT molecular complexity index is 362. The number of aryl methyl sites for hydroxylation is 1. The molecule has 1 rings (SSSR count). The molecule has 0 aliphatic carbocycles. The van der Waals surface area contributed by atoms with Gasteiger partial charge in [-0.25, -0.2) is 0 Å². The van der Waals surface area contributed by atoms with Crippen molar-refractivity contribution in [1.82, 2.24) is 5.32 Å². The van der Waals surface area contributed by atoms with Gasteiger partial charge in [-0.1, -0.05) is 44.5 Å². The molecular formula is C18H31NO. The average molecular weight is 277 g/mol. The first-order chi connectivity index (χ1) is 9.63. The molecule has 0 saturated heterocycles. The fourth-order valence-electron chi connectivity index (χ4n) is 2.48. The van der Waals surface area contributed by atoms with Gasteiger partial charge in [0.2, 0.25) is 0 Å². The van der Waals surface area contributed by atoms with Gasteiger partial charge in [0.25, 0.3) is 0 Å². The van der Waals surface area contributed by atoms with Crippen LogP contribution in [0, 0.1) is 18.8 Å². The molecule has 0 saturated carbocycles. The van der Waals surface area contributed by atoms with E-state index >= 15 is 0 Å². The van der Waals surface area contributed by atoms with Crippen LogP contribution < -0.4 is 5.32 Å². The Morgan fingerprint density at radius 3 is 2.55 bits per heavy atom. The van der Waals surface area contributed by atoms with Crippen molar-refractivity contribution in [2.45, 2.75) is 40.0 Å². The van der Waals surface area contributed by atoms with Crippen molar-refractivity contribution in [2.75, 3.05) is 26.8 Å². The van der Waals surface area contributed by atoms with Crippen LogP contribution >= 0.6 is 0 Å². The van der Waals surface area contributed by atoms with Crippen LogP contribution in [0.1, 0.15) is 37.8 Å². The number of rotatable bonds is 10. The Labute approximate surface area is 124 Å². The zero-order chi connectivity index (χ0) is 14.8. The van der Waals surface area contributed by atoms with Crippen molar-refractivity contribution in [3.8, 4) is 0 Å². The minimum Gasteiger partial charge on any atom is -0.383 e. The van der Waals surface area contributed by atoms with Crippen LogP contribution in [0.5, 0.6) is 0 Å². The quantitative estimate of drug-likeness (QED) is 0.656. The lowest BCUT2D eigenvalue weighted by Gasteiger charge is -2.20. The molecule has 1 N–H and O–H groups in total. The van der Waals surface area contributed by atoms with E-state index in [1.807, 2.05) is 0 Å². The first-order valence-corrected chi connectivity index (χ1v) is 7.87. The molecular weight excluding hydrogens is 246 g/mol. The highest BCUT2D eigenvalue weighted by Crippen LogP contribution is 2.19. The van der Waals surface area contributed by atoms with Crippen molar-refractivity contribution in [1.29, 1.82) is 0 Å². The standard InChI is InChI=1S/C18H31NO/c1-15(2)9-10-17(14-19-11-12-20-4)13-18-8-6-5-7-16(18)3/h5-8,15,17,19H,9-14H2,1-4H3.